The highest BCUT2D eigenvalue weighted by Gasteiger charge is 2.50. The Hall–Kier alpha value is -3.52. The number of piperidine rings is 1. The van der Waals surface area contributed by atoms with Gasteiger partial charge >= 0.3 is 18.3 Å². The number of esters is 1. The normalized spacial score (nSPS) is 23.6. The van der Waals surface area contributed by atoms with Crippen molar-refractivity contribution in [1.82, 2.24) is 10.2 Å². The molecule has 1 aliphatic carbocycles. The highest BCUT2D eigenvalue weighted by Crippen LogP contribution is 2.46. The standard InChI is InChI=1S/C33H38F6N2O3/c1-4-5-6-7-8-9-10-11-24-12-14-41(21-22(24)2)15-13-27(28-19-29(28)31(43)44-3)30(42)40-20-23-16-25(32(34,35)36)18-26(17-23)33(37,38)39/h1,5-8,10-11,16-18,22,24,27-29H,9,12-15,19-21H2,2-3H3,(H,40,42)/b6-5-,8-7-,11-10-. The van der Waals surface area contributed by atoms with E-state index >= 15 is 0 Å². The Labute approximate surface area is 254 Å². The lowest BCUT2D eigenvalue weighted by molar-refractivity contribution is -0.144. The van der Waals surface area contributed by atoms with Crippen LogP contribution < -0.4 is 5.32 Å². The number of hydrogen-bond acceptors (Lipinski definition) is 4. The number of nitrogens with one attached hydrogen (secondary N) is 1. The zero-order valence-electron chi connectivity index (χ0n) is 24.8. The number of carbonyl (C=O) groups excluding carboxylic acids is 2. The Bertz CT molecular complexity index is 1250. The van der Waals surface area contributed by atoms with Crippen molar-refractivity contribution in [1.29, 1.82) is 0 Å². The van der Waals surface area contributed by atoms with Crippen LogP contribution in [0.25, 0.3) is 0 Å². The number of rotatable bonds is 12. The number of ether oxygens (including phenoxy) is 1. The monoisotopic (exact) mass is 624 g/mol. The minimum Gasteiger partial charge on any atom is -0.469 e. The molecule has 0 aromatic heterocycles. The van der Waals surface area contributed by atoms with Crippen molar-refractivity contribution < 1.29 is 40.7 Å². The fraction of sp³-hybridized carbons (Fsp3) is 0.515. The molecule has 2 fully saturated rings. The zero-order chi connectivity index (χ0) is 32.5. The molecule has 1 aliphatic heterocycles. The molecule has 1 aromatic carbocycles. The lowest BCUT2D eigenvalue weighted by Crippen LogP contribution is -2.41. The summed E-state index contributed by atoms with van der Waals surface area (Å²) in [5.74, 6) is 0.823. The third-order valence-corrected chi connectivity index (χ3v) is 8.22. The molecule has 1 saturated heterocycles. The molecular formula is C33H38F6N2O3. The van der Waals surface area contributed by atoms with Gasteiger partial charge in [0.05, 0.1) is 24.2 Å². The van der Waals surface area contributed by atoms with Crippen LogP contribution in [0, 0.1) is 41.9 Å². The summed E-state index contributed by atoms with van der Waals surface area (Å²) < 4.78 is 84.4. The van der Waals surface area contributed by atoms with E-state index < -0.39 is 53.7 Å². The Morgan fingerprint density at radius 1 is 1.11 bits per heavy atom. The van der Waals surface area contributed by atoms with E-state index in [9.17, 15) is 35.9 Å². The topological polar surface area (TPSA) is 58.6 Å². The van der Waals surface area contributed by atoms with E-state index in [1.54, 1.807) is 12.2 Å². The molecule has 44 heavy (non-hydrogen) atoms. The number of benzene rings is 1. The molecule has 1 heterocycles. The van der Waals surface area contributed by atoms with Gasteiger partial charge in [0.15, 0.2) is 0 Å². The van der Waals surface area contributed by atoms with Crippen molar-refractivity contribution in [2.24, 2.45) is 29.6 Å². The molecule has 1 N–H and O–H groups in total. The minimum absolute atomic E-state index is 0.0522. The van der Waals surface area contributed by atoms with Crippen LogP contribution in [-0.2, 0) is 33.2 Å². The van der Waals surface area contributed by atoms with E-state index in [0.29, 0.717) is 43.4 Å². The van der Waals surface area contributed by atoms with Crippen LogP contribution in [-0.4, -0.2) is 43.5 Å². The molecule has 5 nitrogen and oxygen atoms in total. The number of nitrogens with zero attached hydrogens (tertiary/aromatic N) is 1. The first-order valence-corrected chi connectivity index (χ1v) is 14.5. The maximum absolute atomic E-state index is 13.3. The number of alkyl halides is 6. The predicted octanol–water partition coefficient (Wildman–Crippen LogP) is 6.81. The van der Waals surface area contributed by atoms with Gasteiger partial charge in [-0.2, -0.15) is 26.3 Å². The largest absolute Gasteiger partial charge is 0.469 e. The first-order chi connectivity index (χ1) is 20.7. The molecule has 3 rings (SSSR count). The quantitative estimate of drug-likeness (QED) is 0.0914. The summed E-state index contributed by atoms with van der Waals surface area (Å²) in [6.45, 7) is 3.83. The Morgan fingerprint density at radius 2 is 1.80 bits per heavy atom. The lowest BCUT2D eigenvalue weighted by Gasteiger charge is -2.36. The van der Waals surface area contributed by atoms with Crippen molar-refractivity contribution in [2.45, 2.75) is 51.5 Å². The number of halogens is 6. The van der Waals surface area contributed by atoms with Crippen LogP contribution >= 0.6 is 0 Å². The third kappa shape index (κ3) is 10.3. The second kappa shape index (κ2) is 15.5. The smallest absolute Gasteiger partial charge is 0.416 e. The molecule has 240 valence electrons. The van der Waals surface area contributed by atoms with Crippen molar-refractivity contribution in [3.05, 3.63) is 71.3 Å². The molecular weight excluding hydrogens is 586 g/mol. The maximum atomic E-state index is 13.3. The van der Waals surface area contributed by atoms with Gasteiger partial charge in [-0.1, -0.05) is 43.2 Å². The summed E-state index contributed by atoms with van der Waals surface area (Å²) in [5, 5.41) is 2.53. The third-order valence-electron chi connectivity index (χ3n) is 8.22. The van der Waals surface area contributed by atoms with E-state index in [-0.39, 0.29) is 17.5 Å². The molecule has 1 aromatic rings. The van der Waals surface area contributed by atoms with Gasteiger partial charge in [-0.3, -0.25) is 9.59 Å². The highest BCUT2D eigenvalue weighted by atomic mass is 19.4. The molecule has 1 saturated carbocycles. The first-order valence-electron chi connectivity index (χ1n) is 14.5. The van der Waals surface area contributed by atoms with Crippen molar-refractivity contribution in [2.75, 3.05) is 26.7 Å². The number of amides is 1. The number of carbonyl (C=O) groups is 2. The van der Waals surface area contributed by atoms with Crippen LogP contribution in [0.5, 0.6) is 0 Å². The Balaban J connectivity index is 1.62. The average Bonchev–Trinajstić information content (AvgIpc) is 3.76. The van der Waals surface area contributed by atoms with E-state index in [4.69, 9.17) is 11.2 Å². The summed E-state index contributed by atoms with van der Waals surface area (Å²) >= 11 is 0. The van der Waals surface area contributed by atoms with Gasteiger partial charge in [0.2, 0.25) is 5.91 Å². The molecule has 0 bridgehead atoms. The number of terminal acetylenes is 1. The number of methoxy groups -OCH3 is 1. The summed E-state index contributed by atoms with van der Waals surface area (Å²) in [6.07, 6.45) is 9.41. The van der Waals surface area contributed by atoms with Crippen LogP contribution in [0.3, 0.4) is 0 Å². The Kier molecular flexibility index (Phi) is 12.3. The number of hydrogen-bond donors (Lipinski definition) is 1. The number of likely N-dealkylation sites (tertiary alicyclic amines) is 1. The lowest BCUT2D eigenvalue weighted by atomic mass is 9.86. The van der Waals surface area contributed by atoms with Gasteiger partial charge in [-0.05, 0) is 86.4 Å². The second-order valence-corrected chi connectivity index (χ2v) is 11.4. The molecule has 0 spiro atoms. The predicted molar refractivity (Wildman–Crippen MR) is 155 cm³/mol. The Morgan fingerprint density at radius 3 is 2.39 bits per heavy atom. The van der Waals surface area contributed by atoms with E-state index in [1.165, 1.54) is 7.11 Å². The van der Waals surface area contributed by atoms with Crippen molar-refractivity contribution in [3.63, 3.8) is 0 Å². The van der Waals surface area contributed by atoms with Gasteiger partial charge in [-0.15, -0.1) is 6.42 Å². The van der Waals surface area contributed by atoms with Crippen LogP contribution in [0.4, 0.5) is 26.3 Å². The average molecular weight is 625 g/mol. The van der Waals surface area contributed by atoms with Gasteiger partial charge in [0, 0.05) is 19.0 Å². The number of allylic oxidation sites excluding steroid dienone is 6. The molecule has 5 unspecified atom stereocenters. The van der Waals surface area contributed by atoms with Crippen LogP contribution in [0.2, 0.25) is 0 Å². The molecule has 5 atom stereocenters. The van der Waals surface area contributed by atoms with E-state index in [0.717, 1.165) is 25.9 Å². The van der Waals surface area contributed by atoms with Crippen LogP contribution in [0.15, 0.2) is 54.7 Å². The zero-order valence-corrected chi connectivity index (χ0v) is 24.8. The summed E-state index contributed by atoms with van der Waals surface area (Å²) in [5.41, 5.74) is -3.20. The molecule has 0 radical (unpaired) electrons. The van der Waals surface area contributed by atoms with Gasteiger partial charge in [0.1, 0.15) is 0 Å². The maximum Gasteiger partial charge on any atom is 0.416 e. The van der Waals surface area contributed by atoms with Gasteiger partial charge in [0.25, 0.3) is 0 Å². The fourth-order valence-electron chi connectivity index (χ4n) is 5.72. The highest BCUT2D eigenvalue weighted by molar-refractivity contribution is 5.82. The first kappa shape index (κ1) is 35.0. The summed E-state index contributed by atoms with van der Waals surface area (Å²) in [4.78, 5) is 27.6. The van der Waals surface area contributed by atoms with Gasteiger partial charge < -0.3 is 15.0 Å². The molecule has 1 amide bonds. The van der Waals surface area contributed by atoms with Crippen molar-refractivity contribution in [3.8, 4) is 12.3 Å². The molecule has 11 heteroatoms. The van der Waals surface area contributed by atoms with Gasteiger partial charge in [-0.25, -0.2) is 0 Å². The van der Waals surface area contributed by atoms with Crippen molar-refractivity contribution >= 4 is 11.9 Å². The van der Waals surface area contributed by atoms with E-state index in [2.05, 4.69) is 35.2 Å². The molecule has 2 aliphatic rings. The van der Waals surface area contributed by atoms with Crippen LogP contribution in [0.1, 0.15) is 49.3 Å². The summed E-state index contributed by atoms with van der Waals surface area (Å²) in [7, 11) is 1.26. The SMILES string of the molecule is C#C/C=C\C=C/C/C=C\C1CCN(CCC(C(=O)NCc2cc(C(F)(F)F)cc(C(F)(F)F)c2)C2CC2C(=O)OC)CC1C. The minimum atomic E-state index is -4.98. The van der Waals surface area contributed by atoms with E-state index in [1.807, 2.05) is 12.2 Å². The second-order valence-electron chi connectivity index (χ2n) is 11.4. The fourth-order valence-corrected chi connectivity index (χ4v) is 5.72. The summed E-state index contributed by atoms with van der Waals surface area (Å²) in [6, 6.07) is 1.26.